The lowest BCUT2D eigenvalue weighted by Crippen LogP contribution is -2.27. The summed E-state index contributed by atoms with van der Waals surface area (Å²) in [6.07, 6.45) is -0.213. The molecule has 0 unspecified atom stereocenters. The van der Waals surface area contributed by atoms with Gasteiger partial charge in [0.25, 0.3) is 8.68 Å². The van der Waals surface area contributed by atoms with E-state index in [1.807, 2.05) is 0 Å². The summed E-state index contributed by atoms with van der Waals surface area (Å²) in [7, 11) is -5.78. The molecule has 0 aliphatic carbocycles. The minimum absolute atomic E-state index is 0.309. The molecule has 0 aliphatic heterocycles. The summed E-state index contributed by atoms with van der Waals surface area (Å²) in [6.45, 7) is 1.94. The van der Waals surface area contributed by atoms with Crippen LogP contribution in [-0.4, -0.2) is 37.1 Å². The predicted octanol–water partition coefficient (Wildman–Crippen LogP) is -0.278. The van der Waals surface area contributed by atoms with Crippen LogP contribution in [0, 0.1) is 0 Å². The zero-order valence-electron chi connectivity index (χ0n) is 7.89. The third-order valence-electron chi connectivity index (χ3n) is 1.38. The van der Waals surface area contributed by atoms with E-state index in [9.17, 15) is 13.8 Å². The van der Waals surface area contributed by atoms with Gasteiger partial charge in [0.1, 0.15) is 6.16 Å². The largest absolute Gasteiger partial charge is 0.389 e. The van der Waals surface area contributed by atoms with Gasteiger partial charge >= 0.3 is 7.60 Å². The molecule has 0 atom stereocenters. The van der Waals surface area contributed by atoms with Gasteiger partial charge in [0.05, 0.1) is 0 Å². The number of hydrogen-bond acceptors (Lipinski definition) is 3. The van der Waals surface area contributed by atoms with E-state index in [0.717, 1.165) is 0 Å². The Morgan fingerprint density at radius 3 is 2.50 bits per heavy atom. The molecule has 0 radical (unpaired) electrons. The Hall–Kier alpha value is -0.363. The number of amides is 1. The summed E-state index contributed by atoms with van der Waals surface area (Å²) in [4.78, 5) is 27.7. The molecule has 0 aliphatic rings. The molecule has 0 aromatic heterocycles. The van der Waals surface area contributed by atoms with Crippen molar-refractivity contribution < 1.29 is 23.6 Å². The quantitative estimate of drug-likeness (QED) is 0.336. The van der Waals surface area contributed by atoms with Crippen molar-refractivity contribution in [2.75, 3.05) is 12.7 Å². The van der Waals surface area contributed by atoms with Crippen LogP contribution >= 0.6 is 7.60 Å². The second-order valence-electron chi connectivity index (χ2n) is 2.98. The number of rotatable bonds is 6. The summed E-state index contributed by atoms with van der Waals surface area (Å²) in [5.74, 6) is -0.672. The zero-order valence-corrected chi connectivity index (χ0v) is 9.79. The highest BCUT2D eigenvalue weighted by Gasteiger charge is 2.18. The van der Waals surface area contributed by atoms with E-state index >= 15 is 0 Å². The van der Waals surface area contributed by atoms with Crippen LogP contribution in [0.1, 0.15) is 6.42 Å². The molecular formula is C6H14NO5PSi. The van der Waals surface area contributed by atoms with Crippen LogP contribution in [0.4, 0.5) is 0 Å². The first-order chi connectivity index (χ1) is 6.31. The Morgan fingerprint density at radius 1 is 1.50 bits per heavy atom. The summed E-state index contributed by atoms with van der Waals surface area (Å²) in [5.41, 5.74) is 0. The van der Waals surface area contributed by atoms with Crippen LogP contribution in [0.25, 0.3) is 0 Å². The standard InChI is InChI=1S/C6H14NO5PSi/c1-14(12)4-2-3-7-6(8)5-13(9,10)11/h2-5H2,1H3,(H,7,8)(H2,9,10,11). The summed E-state index contributed by atoms with van der Waals surface area (Å²) < 4.78 is 21.0. The maximum absolute atomic E-state index is 10.8. The monoisotopic (exact) mass is 239 g/mol. The first-order valence-corrected chi connectivity index (χ1v) is 8.03. The van der Waals surface area contributed by atoms with Crippen molar-refractivity contribution in [3.8, 4) is 0 Å². The van der Waals surface area contributed by atoms with E-state index in [2.05, 4.69) is 5.32 Å². The SMILES string of the molecule is C[Si](=O)CCCNC(=O)CP(=O)(O)O. The second kappa shape index (κ2) is 6.18. The molecule has 1 amide bonds. The van der Waals surface area contributed by atoms with E-state index in [1.165, 1.54) is 0 Å². The molecule has 82 valence electrons. The number of carbonyl (C=O) groups excluding carboxylic acids is 1. The molecule has 0 aromatic carbocycles. The van der Waals surface area contributed by atoms with Gasteiger partial charge in [-0.1, -0.05) is 0 Å². The van der Waals surface area contributed by atoms with E-state index < -0.39 is 28.3 Å². The fourth-order valence-corrected chi connectivity index (χ4v) is 1.97. The molecule has 0 saturated carbocycles. The van der Waals surface area contributed by atoms with Gasteiger partial charge in [-0.25, -0.2) is 0 Å². The highest BCUT2D eigenvalue weighted by molar-refractivity contribution is 7.52. The first kappa shape index (κ1) is 13.6. The molecule has 0 spiro atoms. The minimum Gasteiger partial charge on any atom is -0.389 e. The van der Waals surface area contributed by atoms with Gasteiger partial charge in [0.15, 0.2) is 0 Å². The molecule has 3 N–H and O–H groups in total. The predicted molar refractivity (Wildman–Crippen MR) is 51.6 cm³/mol. The van der Waals surface area contributed by atoms with Gasteiger partial charge in [-0.3, -0.25) is 9.36 Å². The van der Waals surface area contributed by atoms with Crippen molar-refractivity contribution in [2.24, 2.45) is 0 Å². The highest BCUT2D eigenvalue weighted by atomic mass is 31.2. The molecule has 0 bridgehead atoms. The van der Waals surface area contributed by atoms with Crippen LogP contribution in [0.2, 0.25) is 12.6 Å². The van der Waals surface area contributed by atoms with Gasteiger partial charge in [-0.2, -0.15) is 0 Å². The number of hydrogen-bond donors (Lipinski definition) is 3. The smallest absolute Gasteiger partial charge is 0.334 e. The van der Waals surface area contributed by atoms with Crippen molar-refractivity contribution in [1.82, 2.24) is 5.32 Å². The normalized spacial score (nSPS) is 11.1. The summed E-state index contributed by atoms with van der Waals surface area (Å²) in [5, 5.41) is 2.34. The Kier molecular flexibility index (Phi) is 6.02. The van der Waals surface area contributed by atoms with Crippen molar-refractivity contribution >= 4 is 22.2 Å². The van der Waals surface area contributed by atoms with Gasteiger partial charge in [-0.05, 0) is 19.0 Å². The maximum Gasteiger partial charge on any atom is 0.334 e. The fourth-order valence-electron chi connectivity index (χ4n) is 0.808. The van der Waals surface area contributed by atoms with Crippen LogP contribution in [0.15, 0.2) is 0 Å². The summed E-state index contributed by atoms with van der Waals surface area (Å²) in [6, 6.07) is 0.543. The molecule has 0 aromatic rings. The minimum atomic E-state index is -4.26. The molecule has 0 heterocycles. The lowest BCUT2D eigenvalue weighted by Gasteiger charge is -2.04. The zero-order chi connectivity index (χ0) is 11.2. The van der Waals surface area contributed by atoms with E-state index in [4.69, 9.17) is 9.79 Å². The highest BCUT2D eigenvalue weighted by Crippen LogP contribution is 2.33. The first-order valence-electron chi connectivity index (χ1n) is 4.12. The lowest BCUT2D eigenvalue weighted by atomic mass is 10.5. The van der Waals surface area contributed by atoms with Crippen LogP contribution in [-0.2, 0) is 13.8 Å². The Bertz CT molecular complexity index is 263. The van der Waals surface area contributed by atoms with Crippen LogP contribution in [0.3, 0.4) is 0 Å². The summed E-state index contributed by atoms with van der Waals surface area (Å²) >= 11 is 0. The van der Waals surface area contributed by atoms with E-state index in [0.29, 0.717) is 19.0 Å². The Balaban J connectivity index is 3.56. The average molecular weight is 239 g/mol. The van der Waals surface area contributed by atoms with Crippen molar-refractivity contribution in [3.63, 3.8) is 0 Å². The number of nitrogens with one attached hydrogen (secondary N) is 1. The number of carbonyl (C=O) groups is 1. The van der Waals surface area contributed by atoms with Crippen LogP contribution in [0.5, 0.6) is 0 Å². The topological polar surface area (TPSA) is 104 Å². The molecule has 8 heteroatoms. The van der Waals surface area contributed by atoms with Crippen molar-refractivity contribution in [3.05, 3.63) is 0 Å². The molecule has 0 fully saturated rings. The fraction of sp³-hybridized carbons (Fsp3) is 0.833. The molecule has 0 saturated heterocycles. The van der Waals surface area contributed by atoms with Crippen molar-refractivity contribution in [1.29, 1.82) is 0 Å². The van der Waals surface area contributed by atoms with Gasteiger partial charge in [0.2, 0.25) is 5.91 Å². The second-order valence-corrected chi connectivity index (χ2v) is 6.53. The Labute approximate surface area is 83.5 Å². The van der Waals surface area contributed by atoms with Gasteiger partial charge < -0.3 is 19.6 Å². The molecular weight excluding hydrogens is 225 g/mol. The third kappa shape index (κ3) is 9.72. The molecule has 0 rings (SSSR count). The van der Waals surface area contributed by atoms with Crippen LogP contribution < -0.4 is 5.32 Å². The lowest BCUT2D eigenvalue weighted by molar-refractivity contribution is -0.118. The van der Waals surface area contributed by atoms with E-state index in [1.54, 1.807) is 6.55 Å². The third-order valence-corrected chi connectivity index (χ3v) is 3.13. The average Bonchev–Trinajstić information content (AvgIpc) is 1.94. The molecule has 14 heavy (non-hydrogen) atoms. The molecule has 6 nitrogen and oxygen atoms in total. The maximum atomic E-state index is 10.8. The van der Waals surface area contributed by atoms with Gasteiger partial charge in [-0.15, -0.1) is 0 Å². The van der Waals surface area contributed by atoms with Gasteiger partial charge in [0, 0.05) is 6.54 Å². The Morgan fingerprint density at radius 2 is 2.07 bits per heavy atom. The van der Waals surface area contributed by atoms with E-state index in [-0.39, 0.29) is 0 Å². The van der Waals surface area contributed by atoms with Crippen molar-refractivity contribution in [2.45, 2.75) is 19.0 Å².